The van der Waals surface area contributed by atoms with Crippen molar-refractivity contribution in [1.29, 1.82) is 0 Å². The zero-order valence-electron chi connectivity index (χ0n) is 8.88. The first-order valence-corrected chi connectivity index (χ1v) is 4.74. The molecule has 0 radical (unpaired) electrons. The van der Waals surface area contributed by atoms with Crippen molar-refractivity contribution in [3.05, 3.63) is 60.2 Å². The number of allylic oxidation sites excluding steroid dienone is 3. The molecule has 0 N–H and O–H groups in total. The van der Waals surface area contributed by atoms with Gasteiger partial charge in [0.25, 0.3) is 0 Å². The van der Waals surface area contributed by atoms with Gasteiger partial charge in [0.15, 0.2) is 0 Å². The lowest BCUT2D eigenvalue weighted by Crippen LogP contribution is -1.88. The van der Waals surface area contributed by atoms with Crippen LogP contribution in [0.4, 0.5) is 0 Å². The molecule has 0 aliphatic carbocycles. The molecular weight excluding hydrogens is 168 g/mol. The topological polar surface area (TPSA) is 0 Å². The lowest BCUT2D eigenvalue weighted by atomic mass is 9.97. The molecular formula is C14H16. The molecule has 72 valence electrons. The van der Waals surface area contributed by atoms with E-state index in [0.717, 1.165) is 5.57 Å². The molecule has 0 amide bonds. The normalized spacial score (nSPS) is 10.4. The molecule has 14 heavy (non-hydrogen) atoms. The average Bonchev–Trinajstić information content (AvgIpc) is 2.18. The van der Waals surface area contributed by atoms with E-state index in [4.69, 9.17) is 0 Å². The van der Waals surface area contributed by atoms with Crippen LogP contribution in [0.3, 0.4) is 0 Å². The van der Waals surface area contributed by atoms with E-state index in [1.165, 1.54) is 16.7 Å². The smallest absolute Gasteiger partial charge is 0.0155 e. The van der Waals surface area contributed by atoms with Crippen LogP contribution >= 0.6 is 0 Å². The molecule has 0 unspecified atom stereocenters. The maximum Gasteiger partial charge on any atom is -0.0155 e. The Morgan fingerprint density at radius 2 is 2.07 bits per heavy atom. The van der Waals surface area contributed by atoms with Crippen LogP contribution in [-0.4, -0.2) is 0 Å². The van der Waals surface area contributed by atoms with Gasteiger partial charge in [-0.1, -0.05) is 49.6 Å². The maximum atomic E-state index is 4.03. The highest BCUT2D eigenvalue weighted by Gasteiger charge is 2.02. The van der Waals surface area contributed by atoms with Crippen molar-refractivity contribution in [2.75, 3.05) is 0 Å². The van der Waals surface area contributed by atoms with Crippen LogP contribution in [0.15, 0.2) is 43.5 Å². The van der Waals surface area contributed by atoms with Crippen molar-refractivity contribution in [2.45, 2.75) is 13.8 Å². The van der Waals surface area contributed by atoms with Gasteiger partial charge in [-0.3, -0.25) is 0 Å². The summed E-state index contributed by atoms with van der Waals surface area (Å²) in [6.07, 6.45) is 5.90. The van der Waals surface area contributed by atoms with Crippen molar-refractivity contribution in [1.82, 2.24) is 0 Å². The van der Waals surface area contributed by atoms with Crippen LogP contribution in [0.25, 0.3) is 11.6 Å². The van der Waals surface area contributed by atoms with Gasteiger partial charge in [-0.25, -0.2) is 0 Å². The Hall–Kier alpha value is -1.56. The molecule has 0 atom stereocenters. The van der Waals surface area contributed by atoms with Gasteiger partial charge in [0, 0.05) is 0 Å². The molecule has 0 saturated carbocycles. The molecule has 0 aromatic heterocycles. The van der Waals surface area contributed by atoms with Crippen LogP contribution in [0, 0.1) is 6.92 Å². The van der Waals surface area contributed by atoms with E-state index in [1.54, 1.807) is 0 Å². The van der Waals surface area contributed by atoms with Gasteiger partial charge >= 0.3 is 0 Å². The van der Waals surface area contributed by atoms with Gasteiger partial charge < -0.3 is 0 Å². The summed E-state index contributed by atoms with van der Waals surface area (Å²) >= 11 is 0. The van der Waals surface area contributed by atoms with E-state index in [-0.39, 0.29) is 0 Å². The third-order valence-corrected chi connectivity index (χ3v) is 2.31. The summed E-state index contributed by atoms with van der Waals surface area (Å²) in [4.78, 5) is 0. The Balaban J connectivity index is 3.22. The molecule has 0 bridgehead atoms. The van der Waals surface area contributed by atoms with Gasteiger partial charge in [0.05, 0.1) is 0 Å². The minimum Gasteiger partial charge on any atom is -0.0985 e. The number of rotatable bonds is 3. The second-order valence-electron chi connectivity index (χ2n) is 3.25. The van der Waals surface area contributed by atoms with E-state index in [2.05, 4.69) is 32.2 Å². The average molecular weight is 184 g/mol. The summed E-state index contributed by atoms with van der Waals surface area (Å²) in [5.41, 5.74) is 4.66. The second kappa shape index (κ2) is 4.61. The highest BCUT2D eigenvalue weighted by molar-refractivity contribution is 5.76. The molecule has 0 nitrogen and oxygen atoms in total. The Bertz CT molecular complexity index is 381. The van der Waals surface area contributed by atoms with Gasteiger partial charge in [0.1, 0.15) is 0 Å². The van der Waals surface area contributed by atoms with Crippen LogP contribution < -0.4 is 0 Å². The minimum absolute atomic E-state index is 1.05. The quantitative estimate of drug-likeness (QED) is 0.617. The Morgan fingerprint density at radius 3 is 2.64 bits per heavy atom. The standard InChI is InChI=1S/C14H16/c1-5-8-11(3)14-10-7-9-13(6-2)12(14)4/h5-10H,2-3H2,1,4H3. The summed E-state index contributed by atoms with van der Waals surface area (Å²) in [6.45, 7) is 11.9. The van der Waals surface area contributed by atoms with Gasteiger partial charge in [-0.05, 0) is 36.1 Å². The fraction of sp³-hybridized carbons (Fsp3) is 0.143. The molecule has 0 saturated heterocycles. The molecule has 1 rings (SSSR count). The number of hydrogen-bond acceptors (Lipinski definition) is 0. The highest BCUT2D eigenvalue weighted by atomic mass is 14.1. The summed E-state index contributed by atoms with van der Waals surface area (Å²) in [6, 6.07) is 6.19. The molecule has 0 heteroatoms. The van der Waals surface area contributed by atoms with Crippen LogP contribution in [0.5, 0.6) is 0 Å². The van der Waals surface area contributed by atoms with Crippen molar-refractivity contribution < 1.29 is 0 Å². The maximum absolute atomic E-state index is 4.03. The third-order valence-electron chi connectivity index (χ3n) is 2.31. The lowest BCUT2D eigenvalue weighted by Gasteiger charge is -2.08. The monoisotopic (exact) mass is 184 g/mol. The van der Waals surface area contributed by atoms with E-state index in [0.29, 0.717) is 0 Å². The first-order chi connectivity index (χ1) is 6.70. The van der Waals surface area contributed by atoms with Crippen LogP contribution in [-0.2, 0) is 0 Å². The van der Waals surface area contributed by atoms with E-state index >= 15 is 0 Å². The first-order valence-electron chi connectivity index (χ1n) is 4.74. The molecule has 1 aromatic rings. The number of benzene rings is 1. The summed E-state index contributed by atoms with van der Waals surface area (Å²) in [7, 11) is 0. The SMILES string of the molecule is C=Cc1cccc(C(=C)C=CC)c1C. The fourth-order valence-electron chi connectivity index (χ4n) is 1.51. The molecule has 0 spiro atoms. The van der Waals surface area contributed by atoms with E-state index in [1.807, 2.05) is 31.2 Å². The van der Waals surface area contributed by atoms with Gasteiger partial charge in [-0.2, -0.15) is 0 Å². The minimum atomic E-state index is 1.05. The zero-order valence-corrected chi connectivity index (χ0v) is 8.88. The van der Waals surface area contributed by atoms with Crippen molar-refractivity contribution in [2.24, 2.45) is 0 Å². The largest absolute Gasteiger partial charge is 0.0985 e. The predicted molar refractivity (Wildman–Crippen MR) is 65.1 cm³/mol. The lowest BCUT2D eigenvalue weighted by molar-refractivity contribution is 1.40. The fourth-order valence-corrected chi connectivity index (χ4v) is 1.51. The third kappa shape index (κ3) is 2.02. The van der Waals surface area contributed by atoms with Crippen molar-refractivity contribution in [3.8, 4) is 0 Å². The predicted octanol–water partition coefficient (Wildman–Crippen LogP) is 4.23. The highest BCUT2D eigenvalue weighted by Crippen LogP contribution is 2.22. The molecule has 0 aliphatic rings. The molecule has 0 heterocycles. The van der Waals surface area contributed by atoms with Crippen LogP contribution in [0.2, 0.25) is 0 Å². The molecule has 0 fully saturated rings. The van der Waals surface area contributed by atoms with E-state index < -0.39 is 0 Å². The van der Waals surface area contributed by atoms with Crippen molar-refractivity contribution >= 4 is 11.6 Å². The van der Waals surface area contributed by atoms with Gasteiger partial charge in [-0.15, -0.1) is 0 Å². The van der Waals surface area contributed by atoms with Crippen LogP contribution in [0.1, 0.15) is 23.6 Å². The van der Waals surface area contributed by atoms with Gasteiger partial charge in [0.2, 0.25) is 0 Å². The summed E-state index contributed by atoms with van der Waals surface area (Å²) < 4.78 is 0. The number of hydrogen-bond donors (Lipinski definition) is 0. The Morgan fingerprint density at radius 1 is 1.36 bits per heavy atom. The zero-order chi connectivity index (χ0) is 10.6. The molecule has 0 aliphatic heterocycles. The second-order valence-corrected chi connectivity index (χ2v) is 3.25. The van der Waals surface area contributed by atoms with E-state index in [9.17, 15) is 0 Å². The first kappa shape index (κ1) is 10.5. The molecule has 1 aromatic carbocycles. The summed E-state index contributed by atoms with van der Waals surface area (Å²) in [5.74, 6) is 0. The van der Waals surface area contributed by atoms with Crippen molar-refractivity contribution in [3.63, 3.8) is 0 Å². The summed E-state index contributed by atoms with van der Waals surface area (Å²) in [5, 5.41) is 0. The Kier molecular flexibility index (Phi) is 3.47. The Labute approximate surface area is 86.3 Å².